The number of alkyl carbamates (subject to hydrolysis) is 1. The lowest BCUT2D eigenvalue weighted by molar-refractivity contribution is -0.160. The number of amides is 1. The Morgan fingerprint density at radius 1 is 1.55 bits per heavy atom. The predicted octanol–water partition coefficient (Wildman–Crippen LogP) is 1.99. The Bertz CT molecular complexity index is 462. The molecule has 0 saturated heterocycles. The van der Waals surface area contributed by atoms with Crippen LogP contribution in [0.4, 0.5) is 18.0 Å². The molecule has 0 atom stereocenters. The smallest absolute Gasteiger partial charge is 0.422 e. The van der Waals surface area contributed by atoms with Gasteiger partial charge in [-0.2, -0.15) is 13.2 Å². The fourth-order valence-corrected chi connectivity index (χ4v) is 2.27. The van der Waals surface area contributed by atoms with Gasteiger partial charge in [0, 0.05) is 18.3 Å². The van der Waals surface area contributed by atoms with Crippen LogP contribution in [-0.4, -0.2) is 45.9 Å². The van der Waals surface area contributed by atoms with Gasteiger partial charge in [-0.25, -0.2) is 4.79 Å². The number of nitrogens with zero attached hydrogens (tertiary/aromatic N) is 3. The van der Waals surface area contributed by atoms with Crippen LogP contribution in [0, 0.1) is 0 Å². The molecule has 0 aliphatic heterocycles. The van der Waals surface area contributed by atoms with E-state index in [4.69, 9.17) is 0 Å². The van der Waals surface area contributed by atoms with Crippen molar-refractivity contribution in [1.82, 2.24) is 20.1 Å². The van der Waals surface area contributed by atoms with Crippen molar-refractivity contribution in [2.75, 3.05) is 18.9 Å². The van der Waals surface area contributed by atoms with E-state index in [-0.39, 0.29) is 6.54 Å². The Morgan fingerprint density at radius 3 is 2.95 bits per heavy atom. The number of rotatable bonds is 6. The van der Waals surface area contributed by atoms with E-state index < -0.39 is 18.9 Å². The molecule has 1 aliphatic carbocycles. The highest BCUT2D eigenvalue weighted by Crippen LogP contribution is 2.37. The molecule has 0 radical (unpaired) electrons. The van der Waals surface area contributed by atoms with E-state index in [1.54, 1.807) is 6.33 Å². The summed E-state index contributed by atoms with van der Waals surface area (Å²) in [5.41, 5.74) is 0. The van der Waals surface area contributed by atoms with Crippen molar-refractivity contribution in [3.63, 3.8) is 0 Å². The average molecular weight is 310 g/mol. The summed E-state index contributed by atoms with van der Waals surface area (Å²) in [7, 11) is 0. The number of halogens is 3. The quantitative estimate of drug-likeness (QED) is 0.643. The number of carbonyl (C=O) groups excluding carboxylic acids is 1. The fraction of sp³-hybridized carbons (Fsp3) is 0.700. The maximum absolute atomic E-state index is 11.8. The maximum Gasteiger partial charge on any atom is 0.422 e. The Balaban J connectivity index is 1.61. The Kier molecular flexibility index (Phi) is 4.73. The minimum absolute atomic E-state index is 0.193. The molecule has 1 N–H and O–H groups in total. The molecule has 0 unspecified atom stereocenters. The van der Waals surface area contributed by atoms with Gasteiger partial charge >= 0.3 is 12.3 Å². The predicted molar refractivity (Wildman–Crippen MR) is 64.4 cm³/mol. The van der Waals surface area contributed by atoms with Gasteiger partial charge in [0.15, 0.2) is 11.8 Å². The zero-order chi connectivity index (χ0) is 14.6. The highest BCUT2D eigenvalue weighted by atomic mass is 32.2. The van der Waals surface area contributed by atoms with Gasteiger partial charge in [-0.3, -0.25) is 0 Å². The number of hydrogen-bond acceptors (Lipinski definition) is 5. The molecule has 1 aromatic heterocycles. The summed E-state index contributed by atoms with van der Waals surface area (Å²) in [5.74, 6) is 0.479. The lowest BCUT2D eigenvalue weighted by Crippen LogP contribution is -2.30. The minimum atomic E-state index is -4.51. The summed E-state index contributed by atoms with van der Waals surface area (Å²) in [6, 6.07) is 0.456. The molecular formula is C10H13F3N4O2S. The van der Waals surface area contributed by atoms with Crippen molar-refractivity contribution in [3.8, 4) is 0 Å². The maximum atomic E-state index is 11.8. The SMILES string of the molecule is O=C(NCCSc1nncn1C1CC1)OCC(F)(F)F. The molecule has 1 aliphatic rings. The largest absolute Gasteiger partial charge is 0.440 e. The molecule has 20 heavy (non-hydrogen) atoms. The highest BCUT2D eigenvalue weighted by Gasteiger charge is 2.29. The van der Waals surface area contributed by atoms with E-state index in [0.717, 1.165) is 18.0 Å². The third-order valence-electron chi connectivity index (χ3n) is 2.45. The second-order valence-electron chi connectivity index (χ2n) is 4.22. The lowest BCUT2D eigenvalue weighted by atomic mass is 10.7. The first-order valence-corrected chi connectivity index (χ1v) is 6.94. The average Bonchev–Trinajstić information content (AvgIpc) is 3.11. The van der Waals surface area contributed by atoms with Gasteiger partial charge in [0.1, 0.15) is 6.33 Å². The van der Waals surface area contributed by atoms with Crippen LogP contribution < -0.4 is 5.32 Å². The van der Waals surface area contributed by atoms with Gasteiger partial charge in [-0.05, 0) is 12.8 Å². The molecule has 1 saturated carbocycles. The van der Waals surface area contributed by atoms with Gasteiger partial charge in [0.05, 0.1) is 0 Å². The monoisotopic (exact) mass is 310 g/mol. The molecule has 0 aromatic carbocycles. The van der Waals surface area contributed by atoms with E-state index in [0.29, 0.717) is 11.8 Å². The van der Waals surface area contributed by atoms with E-state index in [1.165, 1.54) is 11.8 Å². The summed E-state index contributed by atoms with van der Waals surface area (Å²) in [4.78, 5) is 11.0. The Morgan fingerprint density at radius 2 is 2.30 bits per heavy atom. The number of carbonyl (C=O) groups is 1. The first-order chi connectivity index (χ1) is 9.46. The number of ether oxygens (including phenoxy) is 1. The van der Waals surface area contributed by atoms with Crippen molar-refractivity contribution in [2.45, 2.75) is 30.2 Å². The molecule has 1 amide bonds. The summed E-state index contributed by atoms with van der Waals surface area (Å²) in [6.45, 7) is -1.39. The highest BCUT2D eigenvalue weighted by molar-refractivity contribution is 7.99. The first kappa shape index (κ1) is 14.9. The fourth-order valence-electron chi connectivity index (χ4n) is 1.43. The second-order valence-corrected chi connectivity index (χ2v) is 5.28. The summed E-state index contributed by atoms with van der Waals surface area (Å²) >= 11 is 1.38. The molecule has 2 rings (SSSR count). The van der Waals surface area contributed by atoms with Crippen LogP contribution in [0.5, 0.6) is 0 Å². The molecule has 112 valence electrons. The molecule has 0 bridgehead atoms. The molecule has 0 spiro atoms. The van der Waals surface area contributed by atoms with Gasteiger partial charge in [0.25, 0.3) is 0 Å². The summed E-state index contributed by atoms with van der Waals surface area (Å²) in [5, 5.41) is 10.7. The zero-order valence-electron chi connectivity index (χ0n) is 10.4. The van der Waals surface area contributed by atoms with Crippen LogP contribution in [0.25, 0.3) is 0 Å². The number of hydrogen-bond donors (Lipinski definition) is 1. The minimum Gasteiger partial charge on any atom is -0.440 e. The number of alkyl halides is 3. The van der Waals surface area contributed by atoms with Crippen molar-refractivity contribution in [3.05, 3.63) is 6.33 Å². The van der Waals surface area contributed by atoms with Crippen LogP contribution in [0.2, 0.25) is 0 Å². The van der Waals surface area contributed by atoms with Crippen molar-refractivity contribution >= 4 is 17.9 Å². The molecule has 1 fully saturated rings. The van der Waals surface area contributed by atoms with Crippen LogP contribution in [0.3, 0.4) is 0 Å². The van der Waals surface area contributed by atoms with Crippen LogP contribution >= 0.6 is 11.8 Å². The van der Waals surface area contributed by atoms with Crippen molar-refractivity contribution in [1.29, 1.82) is 0 Å². The number of thioether (sulfide) groups is 1. The van der Waals surface area contributed by atoms with Gasteiger partial charge in [-0.1, -0.05) is 11.8 Å². The summed E-state index contributed by atoms with van der Waals surface area (Å²) in [6.07, 6.45) is -1.72. The third kappa shape index (κ3) is 4.91. The van der Waals surface area contributed by atoms with E-state index >= 15 is 0 Å². The van der Waals surface area contributed by atoms with Gasteiger partial charge in [0.2, 0.25) is 0 Å². The van der Waals surface area contributed by atoms with Crippen LogP contribution in [-0.2, 0) is 4.74 Å². The molecule has 6 nitrogen and oxygen atoms in total. The van der Waals surface area contributed by atoms with Gasteiger partial charge in [-0.15, -0.1) is 10.2 Å². The molecular weight excluding hydrogens is 297 g/mol. The zero-order valence-corrected chi connectivity index (χ0v) is 11.2. The standard InChI is InChI=1S/C10H13F3N4O2S/c11-10(12,13)5-19-9(18)14-3-4-20-8-16-15-6-17(8)7-1-2-7/h6-7H,1-5H2,(H,14,18). The molecule has 1 aromatic rings. The molecule has 1 heterocycles. The van der Waals surface area contributed by atoms with Crippen molar-refractivity contribution in [2.24, 2.45) is 0 Å². The van der Waals surface area contributed by atoms with E-state index in [1.807, 2.05) is 4.57 Å². The number of nitrogens with one attached hydrogen (secondary N) is 1. The Labute approximate surface area is 117 Å². The van der Waals surface area contributed by atoms with Gasteiger partial charge < -0.3 is 14.6 Å². The third-order valence-corrected chi connectivity index (χ3v) is 3.41. The van der Waals surface area contributed by atoms with E-state index in [9.17, 15) is 18.0 Å². The normalized spacial score (nSPS) is 15.2. The first-order valence-electron chi connectivity index (χ1n) is 5.95. The topological polar surface area (TPSA) is 69.0 Å². The number of aromatic nitrogens is 3. The van der Waals surface area contributed by atoms with Crippen LogP contribution in [0.1, 0.15) is 18.9 Å². The van der Waals surface area contributed by atoms with Crippen LogP contribution in [0.15, 0.2) is 11.5 Å². The molecule has 10 heteroatoms. The van der Waals surface area contributed by atoms with Crippen molar-refractivity contribution < 1.29 is 22.7 Å². The second kappa shape index (κ2) is 6.33. The van der Waals surface area contributed by atoms with E-state index in [2.05, 4.69) is 20.3 Å². The lowest BCUT2D eigenvalue weighted by Gasteiger charge is -2.09. The Hall–Kier alpha value is -1.45. The summed E-state index contributed by atoms with van der Waals surface area (Å²) < 4.78 is 41.3.